The molecule has 0 radical (unpaired) electrons. The Balaban J connectivity index is 1.87. The van der Waals surface area contributed by atoms with Gasteiger partial charge >= 0.3 is 11.9 Å². The summed E-state index contributed by atoms with van der Waals surface area (Å²) in [6.07, 6.45) is -0.868. The van der Waals surface area contributed by atoms with E-state index < -0.39 is 30.6 Å². The molecular weight excluding hydrogens is 338 g/mol. The SMILES string of the molecule is COC(=O)c1ccccc1NC(=O)COC(=O)[C@H](C)Oc1ccccc1. The Kier molecular flexibility index (Phi) is 6.73. The quantitative estimate of drug-likeness (QED) is 0.765. The standard InChI is InChI=1S/C19H19NO6/c1-13(26-14-8-4-3-5-9-14)18(22)25-12-17(21)20-16-11-7-6-10-15(16)19(23)24-2/h3-11,13H,12H2,1-2H3,(H,20,21)/t13-/m0/s1. The van der Waals surface area contributed by atoms with Crippen LogP contribution in [0.2, 0.25) is 0 Å². The number of hydrogen-bond donors (Lipinski definition) is 1. The first kappa shape index (κ1) is 19.0. The number of rotatable bonds is 7. The molecule has 0 aliphatic rings. The molecule has 0 aromatic heterocycles. The van der Waals surface area contributed by atoms with Gasteiger partial charge in [-0.3, -0.25) is 4.79 Å². The van der Waals surface area contributed by atoms with E-state index in [1.165, 1.54) is 20.1 Å². The molecule has 2 rings (SSSR count). The predicted octanol–water partition coefficient (Wildman–Crippen LogP) is 2.42. The molecule has 2 aromatic carbocycles. The number of carbonyl (C=O) groups is 3. The molecule has 1 amide bonds. The molecule has 136 valence electrons. The summed E-state index contributed by atoms with van der Waals surface area (Å²) < 4.78 is 15.0. The van der Waals surface area contributed by atoms with Crippen molar-refractivity contribution < 1.29 is 28.6 Å². The van der Waals surface area contributed by atoms with Gasteiger partial charge in [-0.15, -0.1) is 0 Å². The van der Waals surface area contributed by atoms with Crippen LogP contribution in [0.15, 0.2) is 54.6 Å². The maximum Gasteiger partial charge on any atom is 0.347 e. The number of anilines is 1. The van der Waals surface area contributed by atoms with Gasteiger partial charge < -0.3 is 19.5 Å². The second-order valence-electron chi connectivity index (χ2n) is 5.27. The smallest absolute Gasteiger partial charge is 0.347 e. The molecule has 0 saturated heterocycles. The van der Waals surface area contributed by atoms with Crippen molar-refractivity contribution in [2.75, 3.05) is 19.0 Å². The summed E-state index contributed by atoms with van der Waals surface area (Å²) >= 11 is 0. The van der Waals surface area contributed by atoms with Crippen molar-refractivity contribution in [1.82, 2.24) is 0 Å². The van der Waals surface area contributed by atoms with Gasteiger partial charge in [0.25, 0.3) is 5.91 Å². The Hall–Kier alpha value is -3.35. The summed E-state index contributed by atoms with van der Waals surface area (Å²) in [6.45, 7) is 1.02. The van der Waals surface area contributed by atoms with Crippen LogP contribution in [-0.2, 0) is 19.1 Å². The van der Waals surface area contributed by atoms with Crippen LogP contribution in [0.5, 0.6) is 5.75 Å². The number of benzene rings is 2. The zero-order valence-electron chi connectivity index (χ0n) is 14.4. The molecule has 0 aliphatic heterocycles. The Morgan fingerprint density at radius 3 is 2.35 bits per heavy atom. The van der Waals surface area contributed by atoms with E-state index in [2.05, 4.69) is 10.1 Å². The molecule has 0 aliphatic carbocycles. The summed E-state index contributed by atoms with van der Waals surface area (Å²) in [6, 6.07) is 15.2. The molecule has 0 saturated carbocycles. The Bertz CT molecular complexity index is 775. The highest BCUT2D eigenvalue weighted by atomic mass is 16.6. The van der Waals surface area contributed by atoms with Gasteiger partial charge in [0.2, 0.25) is 0 Å². The second kappa shape index (κ2) is 9.22. The number of hydrogen-bond acceptors (Lipinski definition) is 6. The van der Waals surface area contributed by atoms with Gasteiger partial charge in [-0.25, -0.2) is 9.59 Å². The number of ether oxygens (including phenoxy) is 3. The minimum absolute atomic E-state index is 0.204. The lowest BCUT2D eigenvalue weighted by Gasteiger charge is -2.14. The van der Waals surface area contributed by atoms with Crippen molar-refractivity contribution in [3.63, 3.8) is 0 Å². The minimum Gasteiger partial charge on any atom is -0.479 e. The molecule has 26 heavy (non-hydrogen) atoms. The normalized spacial score (nSPS) is 11.2. The molecule has 0 fully saturated rings. The van der Waals surface area contributed by atoms with Crippen LogP contribution in [-0.4, -0.2) is 37.7 Å². The lowest BCUT2D eigenvalue weighted by molar-refractivity contribution is -0.153. The third kappa shape index (κ3) is 5.34. The van der Waals surface area contributed by atoms with Crippen molar-refractivity contribution in [3.05, 3.63) is 60.2 Å². The van der Waals surface area contributed by atoms with Crippen molar-refractivity contribution in [1.29, 1.82) is 0 Å². The van der Waals surface area contributed by atoms with E-state index in [0.29, 0.717) is 5.75 Å². The van der Waals surface area contributed by atoms with Crippen LogP contribution in [0.25, 0.3) is 0 Å². The largest absolute Gasteiger partial charge is 0.479 e. The fourth-order valence-corrected chi connectivity index (χ4v) is 2.07. The number of carbonyl (C=O) groups excluding carboxylic acids is 3. The van der Waals surface area contributed by atoms with Crippen LogP contribution >= 0.6 is 0 Å². The highest BCUT2D eigenvalue weighted by molar-refractivity contribution is 6.01. The molecule has 2 aromatic rings. The molecule has 0 unspecified atom stereocenters. The van der Waals surface area contributed by atoms with Crippen molar-refractivity contribution in [3.8, 4) is 5.75 Å². The van der Waals surface area contributed by atoms with Gasteiger partial charge in [-0.05, 0) is 31.2 Å². The Morgan fingerprint density at radius 1 is 1.00 bits per heavy atom. The van der Waals surface area contributed by atoms with E-state index in [-0.39, 0.29) is 11.3 Å². The van der Waals surface area contributed by atoms with Crippen molar-refractivity contribution in [2.24, 2.45) is 0 Å². The molecule has 1 atom stereocenters. The van der Waals surface area contributed by atoms with Crippen LogP contribution < -0.4 is 10.1 Å². The Labute approximate surface area is 150 Å². The molecule has 7 nitrogen and oxygen atoms in total. The van der Waals surface area contributed by atoms with E-state index in [9.17, 15) is 14.4 Å². The van der Waals surface area contributed by atoms with Gasteiger partial charge in [-0.2, -0.15) is 0 Å². The third-order valence-corrected chi connectivity index (χ3v) is 3.34. The number of nitrogens with one attached hydrogen (secondary N) is 1. The van der Waals surface area contributed by atoms with Gasteiger partial charge in [0.1, 0.15) is 5.75 Å². The number of esters is 2. The second-order valence-corrected chi connectivity index (χ2v) is 5.27. The number of amides is 1. The summed E-state index contributed by atoms with van der Waals surface area (Å²) in [7, 11) is 1.25. The van der Waals surface area contributed by atoms with Gasteiger partial charge in [0.15, 0.2) is 12.7 Å². The predicted molar refractivity (Wildman–Crippen MR) is 93.9 cm³/mol. The van der Waals surface area contributed by atoms with Crippen LogP contribution in [0.1, 0.15) is 17.3 Å². The van der Waals surface area contributed by atoms with Gasteiger partial charge in [0.05, 0.1) is 18.4 Å². The van der Waals surface area contributed by atoms with Gasteiger partial charge in [0, 0.05) is 0 Å². The first-order valence-electron chi connectivity index (χ1n) is 7.86. The topological polar surface area (TPSA) is 90.9 Å². The first-order chi connectivity index (χ1) is 12.5. The zero-order chi connectivity index (χ0) is 18.9. The summed E-state index contributed by atoms with van der Waals surface area (Å²) in [4.78, 5) is 35.6. The van der Waals surface area contributed by atoms with E-state index in [0.717, 1.165) is 0 Å². The third-order valence-electron chi connectivity index (χ3n) is 3.34. The maximum atomic E-state index is 12.0. The summed E-state index contributed by atoms with van der Waals surface area (Å²) in [5, 5.41) is 2.51. The molecule has 1 N–H and O–H groups in total. The van der Waals surface area contributed by atoms with Crippen LogP contribution in [0.3, 0.4) is 0 Å². The average molecular weight is 357 g/mol. The fourth-order valence-electron chi connectivity index (χ4n) is 2.07. The summed E-state index contributed by atoms with van der Waals surface area (Å²) in [5.41, 5.74) is 0.476. The highest BCUT2D eigenvalue weighted by Gasteiger charge is 2.19. The maximum absolute atomic E-state index is 12.0. The lowest BCUT2D eigenvalue weighted by atomic mass is 10.2. The van der Waals surface area contributed by atoms with E-state index in [4.69, 9.17) is 9.47 Å². The first-order valence-corrected chi connectivity index (χ1v) is 7.86. The van der Waals surface area contributed by atoms with E-state index in [1.807, 2.05) is 6.07 Å². The monoisotopic (exact) mass is 357 g/mol. The average Bonchev–Trinajstić information content (AvgIpc) is 2.66. The lowest BCUT2D eigenvalue weighted by Crippen LogP contribution is -2.30. The molecule has 0 bridgehead atoms. The number of methoxy groups -OCH3 is 1. The minimum atomic E-state index is -0.868. The van der Waals surface area contributed by atoms with E-state index in [1.54, 1.807) is 42.5 Å². The number of para-hydroxylation sites is 2. The fraction of sp³-hybridized carbons (Fsp3) is 0.211. The van der Waals surface area contributed by atoms with Crippen LogP contribution in [0.4, 0.5) is 5.69 Å². The zero-order valence-corrected chi connectivity index (χ0v) is 14.4. The van der Waals surface area contributed by atoms with Crippen molar-refractivity contribution >= 4 is 23.5 Å². The van der Waals surface area contributed by atoms with Gasteiger partial charge in [-0.1, -0.05) is 30.3 Å². The molecule has 7 heteroatoms. The van der Waals surface area contributed by atoms with Crippen LogP contribution in [0, 0.1) is 0 Å². The molecule has 0 spiro atoms. The molecular formula is C19H19NO6. The molecule has 0 heterocycles. The van der Waals surface area contributed by atoms with Crippen molar-refractivity contribution in [2.45, 2.75) is 13.0 Å². The summed E-state index contributed by atoms with van der Waals surface area (Å²) in [5.74, 6) is -1.32. The van der Waals surface area contributed by atoms with E-state index >= 15 is 0 Å². The Morgan fingerprint density at radius 2 is 1.65 bits per heavy atom. The highest BCUT2D eigenvalue weighted by Crippen LogP contribution is 2.16.